The monoisotopic (exact) mass is 271 g/mol. The van der Waals surface area contributed by atoms with Gasteiger partial charge >= 0.3 is 0 Å². The van der Waals surface area contributed by atoms with Crippen LogP contribution in [0.1, 0.15) is 30.9 Å². The lowest BCUT2D eigenvalue weighted by Crippen LogP contribution is -2.28. The molecule has 20 heavy (non-hydrogen) atoms. The van der Waals surface area contributed by atoms with Crippen LogP contribution in [0.25, 0.3) is 0 Å². The lowest BCUT2D eigenvalue weighted by molar-refractivity contribution is 0.478. The summed E-state index contributed by atoms with van der Waals surface area (Å²) in [7, 11) is 0. The first-order valence-electron chi connectivity index (χ1n) is 7.50. The fourth-order valence-electron chi connectivity index (χ4n) is 2.38. The molecule has 3 nitrogen and oxygen atoms in total. The van der Waals surface area contributed by atoms with E-state index in [9.17, 15) is 0 Å². The van der Waals surface area contributed by atoms with E-state index in [4.69, 9.17) is 0 Å². The Balaban J connectivity index is 1.59. The molecule has 0 bridgehead atoms. The van der Waals surface area contributed by atoms with Gasteiger partial charge in [0.25, 0.3) is 0 Å². The first-order valence-corrected chi connectivity index (χ1v) is 7.50. The third-order valence-electron chi connectivity index (χ3n) is 3.56. The van der Waals surface area contributed by atoms with Crippen molar-refractivity contribution in [3.05, 3.63) is 53.9 Å². The van der Waals surface area contributed by atoms with Gasteiger partial charge in [-0.05, 0) is 51.3 Å². The van der Waals surface area contributed by atoms with Crippen LogP contribution in [0.2, 0.25) is 0 Å². The molecular formula is C17H25N3. The molecule has 0 aliphatic rings. The van der Waals surface area contributed by atoms with Gasteiger partial charge < -0.3 is 5.32 Å². The number of aromatic nitrogens is 2. The van der Waals surface area contributed by atoms with Crippen LogP contribution < -0.4 is 5.32 Å². The van der Waals surface area contributed by atoms with Gasteiger partial charge in [0.1, 0.15) is 0 Å². The molecule has 0 radical (unpaired) electrons. The van der Waals surface area contributed by atoms with Crippen LogP contribution in [-0.4, -0.2) is 22.4 Å². The van der Waals surface area contributed by atoms with E-state index < -0.39 is 0 Å². The fourth-order valence-corrected chi connectivity index (χ4v) is 2.38. The summed E-state index contributed by atoms with van der Waals surface area (Å²) >= 11 is 0. The van der Waals surface area contributed by atoms with Gasteiger partial charge in [0.05, 0.1) is 0 Å². The molecule has 108 valence electrons. The smallest absolute Gasteiger partial charge is 0.0489 e. The largest absolute Gasteiger partial charge is 0.314 e. The van der Waals surface area contributed by atoms with Crippen LogP contribution in [0.3, 0.4) is 0 Å². The van der Waals surface area contributed by atoms with Gasteiger partial charge in [0, 0.05) is 25.0 Å². The summed E-state index contributed by atoms with van der Waals surface area (Å²) in [5.41, 5.74) is 2.79. The Morgan fingerprint density at radius 1 is 1.30 bits per heavy atom. The minimum absolute atomic E-state index is 0.563. The molecule has 1 aromatic heterocycles. The van der Waals surface area contributed by atoms with Gasteiger partial charge in [-0.25, -0.2) is 0 Å². The number of aryl methyl sites for hydroxylation is 3. The van der Waals surface area contributed by atoms with E-state index >= 15 is 0 Å². The standard InChI is InChI=1S/C17H25N3/c1-15-6-3-7-17(14-15)9-8-16(2)18-10-4-12-20-13-5-11-19-20/h3,5-7,11,13-14,16,18H,4,8-10,12H2,1-2H3. The maximum Gasteiger partial charge on any atom is 0.0489 e. The van der Waals surface area contributed by atoms with E-state index in [2.05, 4.69) is 48.5 Å². The highest BCUT2D eigenvalue weighted by atomic mass is 15.3. The molecule has 0 amide bonds. The number of nitrogens with one attached hydrogen (secondary N) is 1. The SMILES string of the molecule is Cc1cccc(CCC(C)NCCCn2cccn2)c1. The first-order chi connectivity index (χ1) is 9.74. The molecule has 0 fully saturated rings. The number of benzene rings is 1. The Kier molecular flexibility index (Phi) is 5.81. The van der Waals surface area contributed by atoms with Crippen molar-refractivity contribution in [1.82, 2.24) is 15.1 Å². The molecule has 0 aliphatic heterocycles. The van der Waals surface area contributed by atoms with Crippen molar-refractivity contribution in [2.75, 3.05) is 6.54 Å². The topological polar surface area (TPSA) is 29.9 Å². The van der Waals surface area contributed by atoms with Gasteiger partial charge in [-0.15, -0.1) is 0 Å². The van der Waals surface area contributed by atoms with Crippen LogP contribution in [-0.2, 0) is 13.0 Å². The van der Waals surface area contributed by atoms with E-state index in [0.717, 1.165) is 25.9 Å². The van der Waals surface area contributed by atoms with Crippen LogP contribution in [0, 0.1) is 6.92 Å². The number of nitrogens with zero attached hydrogens (tertiary/aromatic N) is 2. The van der Waals surface area contributed by atoms with Crippen molar-refractivity contribution in [3.8, 4) is 0 Å². The van der Waals surface area contributed by atoms with E-state index in [1.807, 2.05) is 23.1 Å². The molecule has 0 aliphatic carbocycles. The highest BCUT2D eigenvalue weighted by molar-refractivity contribution is 5.22. The van der Waals surface area contributed by atoms with Crippen LogP contribution in [0.15, 0.2) is 42.7 Å². The van der Waals surface area contributed by atoms with Crippen LogP contribution >= 0.6 is 0 Å². The van der Waals surface area contributed by atoms with E-state index in [1.165, 1.54) is 17.5 Å². The second-order valence-corrected chi connectivity index (χ2v) is 5.51. The fraction of sp³-hybridized carbons (Fsp3) is 0.471. The zero-order valence-corrected chi connectivity index (χ0v) is 12.5. The molecule has 2 rings (SSSR count). The molecule has 0 saturated heterocycles. The Labute approximate surface area is 122 Å². The van der Waals surface area contributed by atoms with Gasteiger partial charge in [0.15, 0.2) is 0 Å². The Hall–Kier alpha value is -1.61. The van der Waals surface area contributed by atoms with Gasteiger partial charge in [-0.3, -0.25) is 4.68 Å². The zero-order valence-electron chi connectivity index (χ0n) is 12.5. The lowest BCUT2D eigenvalue weighted by atomic mass is 10.0. The van der Waals surface area contributed by atoms with Crippen LogP contribution in [0.4, 0.5) is 0 Å². The predicted octanol–water partition coefficient (Wildman–Crippen LogP) is 3.19. The maximum absolute atomic E-state index is 4.21. The van der Waals surface area contributed by atoms with Crippen molar-refractivity contribution in [2.45, 2.75) is 45.7 Å². The molecule has 1 aromatic carbocycles. The highest BCUT2D eigenvalue weighted by Crippen LogP contribution is 2.08. The third kappa shape index (κ3) is 5.17. The molecule has 1 heterocycles. The van der Waals surface area contributed by atoms with Gasteiger partial charge in [-0.2, -0.15) is 5.10 Å². The summed E-state index contributed by atoms with van der Waals surface area (Å²) in [6, 6.07) is 11.3. The van der Waals surface area contributed by atoms with Crippen molar-refractivity contribution in [3.63, 3.8) is 0 Å². The zero-order chi connectivity index (χ0) is 14.2. The molecule has 1 unspecified atom stereocenters. The minimum atomic E-state index is 0.563. The van der Waals surface area contributed by atoms with E-state index in [1.54, 1.807) is 0 Å². The summed E-state index contributed by atoms with van der Waals surface area (Å²) in [6.45, 7) is 6.46. The summed E-state index contributed by atoms with van der Waals surface area (Å²) in [5, 5.41) is 7.79. The summed E-state index contributed by atoms with van der Waals surface area (Å²) in [6.07, 6.45) is 7.30. The molecule has 1 atom stereocenters. The quantitative estimate of drug-likeness (QED) is 0.747. The minimum Gasteiger partial charge on any atom is -0.314 e. The summed E-state index contributed by atoms with van der Waals surface area (Å²) in [5.74, 6) is 0. The normalized spacial score (nSPS) is 12.5. The van der Waals surface area contributed by atoms with Gasteiger partial charge in [-0.1, -0.05) is 29.8 Å². The average Bonchev–Trinajstić information content (AvgIpc) is 2.95. The predicted molar refractivity (Wildman–Crippen MR) is 83.8 cm³/mol. The maximum atomic E-state index is 4.21. The lowest BCUT2D eigenvalue weighted by Gasteiger charge is -2.14. The Morgan fingerprint density at radius 2 is 2.20 bits per heavy atom. The molecular weight excluding hydrogens is 246 g/mol. The third-order valence-corrected chi connectivity index (χ3v) is 3.56. The molecule has 1 N–H and O–H groups in total. The van der Waals surface area contributed by atoms with Crippen molar-refractivity contribution in [1.29, 1.82) is 0 Å². The number of rotatable bonds is 8. The van der Waals surface area contributed by atoms with Crippen molar-refractivity contribution in [2.24, 2.45) is 0 Å². The Bertz CT molecular complexity index is 491. The second kappa shape index (κ2) is 7.85. The molecule has 0 saturated carbocycles. The molecule has 0 spiro atoms. The highest BCUT2D eigenvalue weighted by Gasteiger charge is 2.02. The Morgan fingerprint density at radius 3 is 2.95 bits per heavy atom. The summed E-state index contributed by atoms with van der Waals surface area (Å²) in [4.78, 5) is 0. The van der Waals surface area contributed by atoms with Gasteiger partial charge in [0.2, 0.25) is 0 Å². The van der Waals surface area contributed by atoms with Crippen molar-refractivity contribution < 1.29 is 0 Å². The number of hydrogen-bond acceptors (Lipinski definition) is 2. The van der Waals surface area contributed by atoms with E-state index in [-0.39, 0.29) is 0 Å². The summed E-state index contributed by atoms with van der Waals surface area (Å²) < 4.78 is 1.99. The van der Waals surface area contributed by atoms with Crippen LogP contribution in [0.5, 0.6) is 0 Å². The van der Waals surface area contributed by atoms with Crippen molar-refractivity contribution >= 4 is 0 Å². The number of hydrogen-bond donors (Lipinski definition) is 1. The first kappa shape index (κ1) is 14.8. The average molecular weight is 271 g/mol. The van der Waals surface area contributed by atoms with E-state index in [0.29, 0.717) is 6.04 Å². The second-order valence-electron chi connectivity index (χ2n) is 5.51. The molecule has 3 heteroatoms. The molecule has 2 aromatic rings.